The number of amides is 1. The molecule has 0 aromatic heterocycles. The normalized spacial score (nSPS) is 26.4. The summed E-state index contributed by atoms with van der Waals surface area (Å²) in [7, 11) is 0. The second-order valence-corrected chi connectivity index (χ2v) is 6.38. The Morgan fingerprint density at radius 1 is 1.27 bits per heavy atom. The number of nitrogens with zero attached hydrogens (tertiary/aromatic N) is 2. The van der Waals surface area contributed by atoms with Crippen molar-refractivity contribution in [3.05, 3.63) is 29.3 Å². The number of halogens is 1. The number of benzene rings is 1. The van der Waals surface area contributed by atoms with E-state index in [9.17, 15) is 14.7 Å². The Hall–Kier alpha value is -1.59. The molecule has 2 aliphatic heterocycles. The van der Waals surface area contributed by atoms with E-state index < -0.39 is 5.97 Å². The summed E-state index contributed by atoms with van der Waals surface area (Å²) >= 11 is 6.00. The fourth-order valence-electron chi connectivity index (χ4n) is 3.40. The van der Waals surface area contributed by atoms with Crippen molar-refractivity contribution in [1.29, 1.82) is 0 Å². The molecule has 0 bridgehead atoms. The molecule has 1 N–H and O–H groups in total. The first kappa shape index (κ1) is 15.3. The van der Waals surface area contributed by atoms with Gasteiger partial charge in [-0.15, -0.1) is 0 Å². The highest BCUT2D eigenvalue weighted by atomic mass is 35.5. The van der Waals surface area contributed by atoms with Crippen molar-refractivity contribution in [2.75, 3.05) is 24.5 Å². The van der Waals surface area contributed by atoms with Crippen molar-refractivity contribution >= 4 is 29.2 Å². The molecule has 0 radical (unpaired) electrons. The number of aliphatic carboxylic acids is 1. The molecule has 1 aromatic carbocycles. The van der Waals surface area contributed by atoms with Crippen LogP contribution < -0.4 is 4.90 Å². The molecule has 2 unspecified atom stereocenters. The maximum atomic E-state index is 12.7. The monoisotopic (exact) mass is 322 g/mol. The topological polar surface area (TPSA) is 60.9 Å². The first-order chi connectivity index (χ1) is 10.6. The number of rotatable bonds is 3. The maximum absolute atomic E-state index is 12.7. The Kier molecular flexibility index (Phi) is 4.36. The number of anilines is 1. The van der Waals surface area contributed by atoms with Crippen LogP contribution in [-0.4, -0.2) is 47.6 Å². The van der Waals surface area contributed by atoms with E-state index in [4.69, 9.17) is 11.6 Å². The summed E-state index contributed by atoms with van der Waals surface area (Å²) in [6, 6.07) is 7.08. The molecule has 0 spiro atoms. The Morgan fingerprint density at radius 3 is 2.82 bits per heavy atom. The standard InChI is InChI=1S/C16H19ClN2O3/c17-12-4-1-5-13(9-12)19-8-6-14(15(19)20)18-7-2-3-11(10-18)16(21)22/h1,4-5,9,11,14H,2-3,6-8,10H2,(H,21,22). The number of carboxylic acids is 1. The molecule has 2 heterocycles. The summed E-state index contributed by atoms with van der Waals surface area (Å²) in [5, 5.41) is 9.80. The van der Waals surface area contributed by atoms with Gasteiger partial charge in [-0.1, -0.05) is 17.7 Å². The lowest BCUT2D eigenvalue weighted by molar-refractivity contribution is -0.144. The summed E-state index contributed by atoms with van der Waals surface area (Å²) < 4.78 is 0. The average Bonchev–Trinajstić information content (AvgIpc) is 2.89. The first-order valence-electron chi connectivity index (χ1n) is 7.60. The Balaban J connectivity index is 1.72. The number of hydrogen-bond acceptors (Lipinski definition) is 3. The minimum absolute atomic E-state index is 0.0494. The quantitative estimate of drug-likeness (QED) is 0.927. The van der Waals surface area contributed by atoms with Crippen LogP contribution in [0.3, 0.4) is 0 Å². The van der Waals surface area contributed by atoms with Gasteiger partial charge in [-0.3, -0.25) is 14.5 Å². The van der Waals surface area contributed by atoms with Gasteiger partial charge in [0.15, 0.2) is 0 Å². The van der Waals surface area contributed by atoms with Gasteiger partial charge in [0.05, 0.1) is 12.0 Å². The highest BCUT2D eigenvalue weighted by Crippen LogP contribution is 2.29. The van der Waals surface area contributed by atoms with Gasteiger partial charge in [0.25, 0.3) is 0 Å². The molecule has 0 aliphatic carbocycles. The van der Waals surface area contributed by atoms with E-state index >= 15 is 0 Å². The van der Waals surface area contributed by atoms with Crippen LogP contribution in [0.4, 0.5) is 5.69 Å². The number of carbonyl (C=O) groups excluding carboxylic acids is 1. The highest BCUT2D eigenvalue weighted by Gasteiger charge is 2.39. The lowest BCUT2D eigenvalue weighted by Gasteiger charge is -2.34. The highest BCUT2D eigenvalue weighted by molar-refractivity contribution is 6.31. The molecule has 118 valence electrons. The van der Waals surface area contributed by atoms with Crippen molar-refractivity contribution < 1.29 is 14.7 Å². The fourth-order valence-corrected chi connectivity index (χ4v) is 3.58. The van der Waals surface area contributed by atoms with Crippen LogP contribution in [0, 0.1) is 5.92 Å². The van der Waals surface area contributed by atoms with Crippen LogP contribution in [-0.2, 0) is 9.59 Å². The zero-order valence-corrected chi connectivity index (χ0v) is 13.0. The van der Waals surface area contributed by atoms with Gasteiger partial charge in [-0.2, -0.15) is 0 Å². The van der Waals surface area contributed by atoms with Gasteiger partial charge in [0, 0.05) is 23.8 Å². The van der Waals surface area contributed by atoms with E-state index in [1.165, 1.54) is 0 Å². The van der Waals surface area contributed by atoms with Gasteiger partial charge in [0.2, 0.25) is 5.91 Å². The molecule has 3 rings (SSSR count). The van der Waals surface area contributed by atoms with E-state index in [2.05, 4.69) is 0 Å². The third-order valence-electron chi connectivity index (χ3n) is 4.54. The molecule has 1 aromatic rings. The Labute approximate surface area is 134 Å². The van der Waals surface area contributed by atoms with Gasteiger partial charge >= 0.3 is 5.97 Å². The van der Waals surface area contributed by atoms with Crippen molar-refractivity contribution in [2.24, 2.45) is 5.92 Å². The molecule has 5 nitrogen and oxygen atoms in total. The summed E-state index contributed by atoms with van der Waals surface area (Å²) in [6.45, 7) is 1.91. The largest absolute Gasteiger partial charge is 0.481 e. The summed E-state index contributed by atoms with van der Waals surface area (Å²) in [5.41, 5.74) is 0.812. The number of piperidine rings is 1. The van der Waals surface area contributed by atoms with E-state index in [1.54, 1.807) is 17.0 Å². The SMILES string of the molecule is O=C(O)C1CCCN(C2CCN(c3cccc(Cl)c3)C2=O)C1. The molecular formula is C16H19ClN2O3. The number of carbonyl (C=O) groups is 2. The molecule has 2 atom stereocenters. The predicted octanol–water partition coefficient (Wildman–Crippen LogP) is 2.24. The zero-order valence-electron chi connectivity index (χ0n) is 12.2. The summed E-state index contributed by atoms with van der Waals surface area (Å²) in [4.78, 5) is 27.7. The Morgan fingerprint density at radius 2 is 2.09 bits per heavy atom. The Bertz CT molecular complexity index is 593. The van der Waals surface area contributed by atoms with Crippen LogP contribution in [0.5, 0.6) is 0 Å². The summed E-state index contributed by atoms with van der Waals surface area (Å²) in [5.74, 6) is -1.07. The number of hydrogen-bond donors (Lipinski definition) is 1. The van der Waals surface area contributed by atoms with Crippen LogP contribution in [0.2, 0.25) is 5.02 Å². The maximum Gasteiger partial charge on any atom is 0.307 e. The molecule has 22 heavy (non-hydrogen) atoms. The van der Waals surface area contributed by atoms with Gasteiger partial charge in [-0.05, 0) is 44.0 Å². The number of carboxylic acid groups (broad SMARTS) is 1. The van der Waals surface area contributed by atoms with Gasteiger partial charge < -0.3 is 10.0 Å². The van der Waals surface area contributed by atoms with Crippen molar-refractivity contribution in [3.8, 4) is 0 Å². The average molecular weight is 323 g/mol. The molecule has 0 saturated carbocycles. The van der Waals surface area contributed by atoms with Crippen molar-refractivity contribution in [3.63, 3.8) is 0 Å². The molecular weight excluding hydrogens is 304 g/mol. The first-order valence-corrected chi connectivity index (χ1v) is 7.98. The van der Waals surface area contributed by atoms with E-state index in [-0.39, 0.29) is 17.9 Å². The minimum atomic E-state index is -0.762. The van der Waals surface area contributed by atoms with Crippen molar-refractivity contribution in [1.82, 2.24) is 4.90 Å². The van der Waals surface area contributed by atoms with Crippen LogP contribution >= 0.6 is 11.6 Å². The second-order valence-electron chi connectivity index (χ2n) is 5.95. The third kappa shape index (κ3) is 2.96. The second kappa shape index (κ2) is 6.26. The zero-order chi connectivity index (χ0) is 15.7. The van der Waals surface area contributed by atoms with E-state index in [0.29, 0.717) is 24.5 Å². The van der Waals surface area contributed by atoms with E-state index in [1.807, 2.05) is 17.0 Å². The molecule has 1 amide bonds. The van der Waals surface area contributed by atoms with E-state index in [0.717, 1.165) is 25.1 Å². The number of likely N-dealkylation sites (tertiary alicyclic amines) is 1. The molecule has 2 saturated heterocycles. The van der Waals surface area contributed by atoms with Crippen LogP contribution in [0.25, 0.3) is 0 Å². The van der Waals surface area contributed by atoms with Gasteiger partial charge in [-0.25, -0.2) is 0 Å². The summed E-state index contributed by atoms with van der Waals surface area (Å²) in [6.07, 6.45) is 2.26. The van der Waals surface area contributed by atoms with Crippen molar-refractivity contribution in [2.45, 2.75) is 25.3 Å². The minimum Gasteiger partial charge on any atom is -0.481 e. The smallest absolute Gasteiger partial charge is 0.307 e. The van der Waals surface area contributed by atoms with Crippen LogP contribution in [0.15, 0.2) is 24.3 Å². The fraction of sp³-hybridized carbons (Fsp3) is 0.500. The third-order valence-corrected chi connectivity index (χ3v) is 4.78. The lowest BCUT2D eigenvalue weighted by atomic mass is 9.96. The lowest BCUT2D eigenvalue weighted by Crippen LogP contribution is -2.48. The predicted molar refractivity (Wildman–Crippen MR) is 84.1 cm³/mol. The molecule has 2 aliphatic rings. The van der Waals surface area contributed by atoms with Crippen LogP contribution in [0.1, 0.15) is 19.3 Å². The molecule has 6 heteroatoms. The molecule has 2 fully saturated rings. The van der Waals surface area contributed by atoms with Gasteiger partial charge in [0.1, 0.15) is 0 Å².